The lowest BCUT2D eigenvalue weighted by atomic mass is 10.3. The highest BCUT2D eigenvalue weighted by Gasteiger charge is 2.08. The second-order valence-corrected chi connectivity index (χ2v) is 3.80. The topological polar surface area (TPSA) is 56.0 Å². The van der Waals surface area contributed by atoms with Crippen molar-refractivity contribution in [2.45, 2.75) is 0 Å². The molecule has 5 heteroatoms. The van der Waals surface area contributed by atoms with Crippen molar-refractivity contribution in [1.82, 2.24) is 24.3 Å². The Labute approximate surface area is 95.8 Å². The summed E-state index contributed by atoms with van der Waals surface area (Å²) in [6, 6.07) is 7.93. The van der Waals surface area contributed by atoms with Gasteiger partial charge in [0, 0.05) is 12.4 Å². The van der Waals surface area contributed by atoms with Gasteiger partial charge in [0.1, 0.15) is 6.33 Å². The van der Waals surface area contributed by atoms with E-state index >= 15 is 0 Å². The highest BCUT2D eigenvalue weighted by Crippen LogP contribution is 2.19. The second kappa shape index (κ2) is 2.98. The van der Waals surface area contributed by atoms with Crippen LogP contribution in [0.2, 0.25) is 0 Å². The van der Waals surface area contributed by atoms with Gasteiger partial charge in [-0.05, 0) is 12.1 Å². The maximum absolute atomic E-state index is 4.46. The molecule has 80 valence electrons. The van der Waals surface area contributed by atoms with Crippen LogP contribution >= 0.6 is 0 Å². The van der Waals surface area contributed by atoms with Gasteiger partial charge < -0.3 is 0 Å². The summed E-state index contributed by atoms with van der Waals surface area (Å²) < 4.78 is 1.95. The van der Waals surface area contributed by atoms with E-state index in [0.717, 1.165) is 22.1 Å². The number of rotatable bonds is 0. The molecule has 0 saturated heterocycles. The largest absolute Gasteiger partial charge is 0.260 e. The number of benzene rings is 1. The first-order chi connectivity index (χ1) is 8.43. The average molecular weight is 221 g/mol. The average Bonchev–Trinajstić information content (AvgIpc) is 2.77. The minimum Gasteiger partial charge on any atom is -0.260 e. The first kappa shape index (κ1) is 8.58. The van der Waals surface area contributed by atoms with Gasteiger partial charge in [-0.3, -0.25) is 4.40 Å². The monoisotopic (exact) mass is 221 g/mol. The van der Waals surface area contributed by atoms with Gasteiger partial charge in [-0.15, -0.1) is 0 Å². The molecule has 0 radical (unpaired) electrons. The Hall–Kier alpha value is -2.56. The fourth-order valence-electron chi connectivity index (χ4n) is 2.05. The van der Waals surface area contributed by atoms with Crippen molar-refractivity contribution in [1.29, 1.82) is 0 Å². The van der Waals surface area contributed by atoms with E-state index in [1.54, 1.807) is 12.4 Å². The van der Waals surface area contributed by atoms with E-state index in [1.807, 2.05) is 28.7 Å². The lowest BCUT2D eigenvalue weighted by molar-refractivity contribution is 1.11. The van der Waals surface area contributed by atoms with Crippen LogP contribution in [-0.4, -0.2) is 24.3 Å². The lowest BCUT2D eigenvalue weighted by Crippen LogP contribution is -1.94. The second-order valence-electron chi connectivity index (χ2n) is 3.80. The zero-order valence-electron chi connectivity index (χ0n) is 8.78. The van der Waals surface area contributed by atoms with Gasteiger partial charge in [0.05, 0.1) is 16.4 Å². The third kappa shape index (κ3) is 1.08. The molecule has 1 aromatic carbocycles. The molecule has 0 bridgehead atoms. The third-order valence-electron chi connectivity index (χ3n) is 2.79. The Morgan fingerprint density at radius 2 is 1.94 bits per heavy atom. The summed E-state index contributed by atoms with van der Waals surface area (Å²) in [5.74, 6) is 0.664. The molecule has 0 aliphatic rings. The Bertz CT molecular complexity index is 843. The first-order valence-electron chi connectivity index (χ1n) is 5.25. The van der Waals surface area contributed by atoms with E-state index < -0.39 is 0 Å². The summed E-state index contributed by atoms with van der Waals surface area (Å²) in [5.41, 5.74) is 2.77. The van der Waals surface area contributed by atoms with Crippen LogP contribution < -0.4 is 0 Å². The molecule has 0 N–H and O–H groups in total. The third-order valence-corrected chi connectivity index (χ3v) is 2.79. The summed E-state index contributed by atoms with van der Waals surface area (Å²) in [5, 5.41) is 0.906. The molecule has 4 rings (SSSR count). The fraction of sp³-hybridized carbons (Fsp3) is 0. The summed E-state index contributed by atoms with van der Waals surface area (Å²) in [7, 11) is 0. The van der Waals surface area contributed by atoms with Gasteiger partial charge in [-0.25, -0.2) is 19.9 Å². The first-order valence-corrected chi connectivity index (χ1v) is 5.25. The quantitative estimate of drug-likeness (QED) is 0.454. The predicted octanol–water partition coefficient (Wildman–Crippen LogP) is 1.83. The van der Waals surface area contributed by atoms with Crippen LogP contribution in [0.5, 0.6) is 0 Å². The van der Waals surface area contributed by atoms with E-state index in [9.17, 15) is 0 Å². The van der Waals surface area contributed by atoms with E-state index in [0.29, 0.717) is 5.78 Å². The van der Waals surface area contributed by atoms with Crippen LogP contribution in [-0.2, 0) is 0 Å². The van der Waals surface area contributed by atoms with E-state index in [4.69, 9.17) is 0 Å². The highest BCUT2D eigenvalue weighted by molar-refractivity contribution is 5.86. The molecule has 0 fully saturated rings. The van der Waals surface area contributed by atoms with Crippen molar-refractivity contribution < 1.29 is 0 Å². The number of fused-ring (bicyclic) bond motifs is 5. The minimum atomic E-state index is 0.664. The van der Waals surface area contributed by atoms with Gasteiger partial charge in [0.25, 0.3) is 0 Å². The number of imidazole rings is 1. The summed E-state index contributed by atoms with van der Waals surface area (Å²) in [4.78, 5) is 17.1. The number of para-hydroxylation sites is 2. The van der Waals surface area contributed by atoms with Crippen LogP contribution in [0.25, 0.3) is 27.8 Å². The molecule has 17 heavy (non-hydrogen) atoms. The smallest absolute Gasteiger partial charge is 0.236 e. The van der Waals surface area contributed by atoms with Crippen LogP contribution in [0.3, 0.4) is 0 Å². The zero-order valence-corrected chi connectivity index (χ0v) is 8.78. The Morgan fingerprint density at radius 1 is 1.00 bits per heavy atom. The summed E-state index contributed by atoms with van der Waals surface area (Å²) in [6.45, 7) is 0. The van der Waals surface area contributed by atoms with Gasteiger partial charge in [-0.1, -0.05) is 12.1 Å². The Morgan fingerprint density at radius 3 is 2.94 bits per heavy atom. The van der Waals surface area contributed by atoms with E-state index in [2.05, 4.69) is 19.9 Å². The molecule has 0 saturated carbocycles. The van der Waals surface area contributed by atoms with Crippen LogP contribution in [0.1, 0.15) is 0 Å². The number of hydrogen-bond donors (Lipinski definition) is 0. The van der Waals surface area contributed by atoms with Crippen molar-refractivity contribution in [3.05, 3.63) is 43.0 Å². The van der Waals surface area contributed by atoms with E-state index in [-0.39, 0.29) is 0 Å². The van der Waals surface area contributed by atoms with Crippen molar-refractivity contribution in [2.24, 2.45) is 0 Å². The molecule has 0 amide bonds. The molecule has 0 atom stereocenters. The SMILES string of the molecule is c1ccc2c(c1)nc1ncc3cncnc3n12. The maximum Gasteiger partial charge on any atom is 0.236 e. The van der Waals surface area contributed by atoms with Gasteiger partial charge in [0.2, 0.25) is 5.78 Å². The lowest BCUT2D eigenvalue weighted by Gasteiger charge is -1.99. The summed E-state index contributed by atoms with van der Waals surface area (Å²) in [6.07, 6.45) is 5.04. The molecule has 0 spiro atoms. The standard InChI is InChI=1S/C12H7N5/c1-2-4-10-9(3-1)16-12-14-6-8-5-13-7-15-11(8)17(10)12/h1-7H. The molecular formula is C12H7N5. The van der Waals surface area contributed by atoms with Gasteiger partial charge in [0.15, 0.2) is 5.65 Å². The maximum atomic E-state index is 4.46. The molecule has 3 aromatic heterocycles. The molecule has 0 aliphatic carbocycles. The molecule has 5 nitrogen and oxygen atoms in total. The highest BCUT2D eigenvalue weighted by atomic mass is 15.1. The molecule has 0 unspecified atom stereocenters. The molecular weight excluding hydrogens is 214 g/mol. The van der Waals surface area contributed by atoms with Crippen molar-refractivity contribution >= 4 is 27.8 Å². The van der Waals surface area contributed by atoms with Crippen LogP contribution in [0.4, 0.5) is 0 Å². The molecule has 0 aliphatic heterocycles. The Balaban J connectivity index is 2.38. The van der Waals surface area contributed by atoms with Gasteiger partial charge >= 0.3 is 0 Å². The van der Waals surface area contributed by atoms with Crippen molar-refractivity contribution in [3.63, 3.8) is 0 Å². The zero-order chi connectivity index (χ0) is 11.2. The molecule has 4 aromatic rings. The van der Waals surface area contributed by atoms with Crippen LogP contribution in [0.15, 0.2) is 43.0 Å². The fourth-order valence-corrected chi connectivity index (χ4v) is 2.05. The summed E-state index contributed by atoms with van der Waals surface area (Å²) >= 11 is 0. The normalized spacial score (nSPS) is 11.5. The van der Waals surface area contributed by atoms with Crippen LogP contribution in [0, 0.1) is 0 Å². The predicted molar refractivity (Wildman–Crippen MR) is 63.6 cm³/mol. The van der Waals surface area contributed by atoms with Gasteiger partial charge in [-0.2, -0.15) is 0 Å². The van der Waals surface area contributed by atoms with Crippen molar-refractivity contribution in [2.75, 3.05) is 0 Å². The van der Waals surface area contributed by atoms with E-state index in [1.165, 1.54) is 6.33 Å². The number of nitrogens with zero attached hydrogens (tertiary/aromatic N) is 5. The number of hydrogen-bond acceptors (Lipinski definition) is 4. The minimum absolute atomic E-state index is 0.664. The Kier molecular flexibility index (Phi) is 1.50. The van der Waals surface area contributed by atoms with Crippen molar-refractivity contribution in [3.8, 4) is 0 Å². The molecule has 3 heterocycles. The number of aromatic nitrogens is 5.